The minimum Gasteiger partial charge on any atom is -0.378 e. The molecule has 0 aromatic heterocycles. The SMILES string of the molecule is FC(F)c1ccc([C@H]2COCCN2)cc1. The largest absolute Gasteiger partial charge is 0.378 e. The monoisotopic (exact) mass is 213 g/mol. The third kappa shape index (κ3) is 2.52. The van der Waals surface area contributed by atoms with Crippen molar-refractivity contribution in [1.82, 2.24) is 5.32 Å². The standard InChI is InChI=1S/C11H13F2NO/c12-11(13)9-3-1-8(2-4-9)10-7-15-6-5-14-10/h1-4,10-11,14H,5-7H2/t10-/m1/s1. The van der Waals surface area contributed by atoms with Crippen LogP contribution in [0.2, 0.25) is 0 Å². The number of halogens is 2. The van der Waals surface area contributed by atoms with Gasteiger partial charge in [0.25, 0.3) is 6.43 Å². The van der Waals surface area contributed by atoms with Crippen LogP contribution in [-0.4, -0.2) is 19.8 Å². The quantitative estimate of drug-likeness (QED) is 0.813. The molecule has 1 fully saturated rings. The molecule has 0 saturated carbocycles. The van der Waals surface area contributed by atoms with Crippen LogP contribution in [0.1, 0.15) is 23.6 Å². The third-order valence-electron chi connectivity index (χ3n) is 2.51. The first kappa shape index (κ1) is 10.5. The lowest BCUT2D eigenvalue weighted by Crippen LogP contribution is -2.34. The van der Waals surface area contributed by atoms with Crippen molar-refractivity contribution < 1.29 is 13.5 Å². The summed E-state index contributed by atoms with van der Waals surface area (Å²) in [6.07, 6.45) is -2.39. The molecule has 1 aromatic carbocycles. The fourth-order valence-electron chi connectivity index (χ4n) is 1.65. The highest BCUT2D eigenvalue weighted by atomic mass is 19.3. The molecule has 0 aliphatic carbocycles. The van der Waals surface area contributed by atoms with E-state index in [0.29, 0.717) is 13.2 Å². The van der Waals surface area contributed by atoms with Crippen LogP contribution in [0.5, 0.6) is 0 Å². The average molecular weight is 213 g/mol. The number of rotatable bonds is 2. The zero-order chi connectivity index (χ0) is 10.7. The maximum absolute atomic E-state index is 12.3. The number of alkyl halides is 2. The maximum Gasteiger partial charge on any atom is 0.263 e. The van der Waals surface area contributed by atoms with Gasteiger partial charge in [0.1, 0.15) is 0 Å². The van der Waals surface area contributed by atoms with Crippen LogP contribution in [0.4, 0.5) is 8.78 Å². The molecule has 1 saturated heterocycles. The number of nitrogens with one attached hydrogen (secondary N) is 1. The molecule has 1 aliphatic heterocycles. The van der Waals surface area contributed by atoms with Crippen molar-refractivity contribution in [1.29, 1.82) is 0 Å². The zero-order valence-corrected chi connectivity index (χ0v) is 8.25. The average Bonchev–Trinajstić information content (AvgIpc) is 2.30. The summed E-state index contributed by atoms with van der Waals surface area (Å²) in [6, 6.07) is 6.53. The van der Waals surface area contributed by atoms with Crippen molar-refractivity contribution in [2.24, 2.45) is 0 Å². The Morgan fingerprint density at radius 1 is 1.27 bits per heavy atom. The van der Waals surface area contributed by atoms with Gasteiger partial charge in [0.05, 0.1) is 19.3 Å². The molecule has 1 aliphatic rings. The summed E-state index contributed by atoms with van der Waals surface area (Å²) in [5.41, 5.74) is 1.06. The van der Waals surface area contributed by atoms with E-state index < -0.39 is 6.43 Å². The van der Waals surface area contributed by atoms with Gasteiger partial charge < -0.3 is 10.1 Å². The van der Waals surface area contributed by atoms with Gasteiger partial charge in [-0.1, -0.05) is 24.3 Å². The minimum absolute atomic E-state index is 0.0653. The summed E-state index contributed by atoms with van der Waals surface area (Å²) >= 11 is 0. The van der Waals surface area contributed by atoms with Crippen LogP contribution >= 0.6 is 0 Å². The van der Waals surface area contributed by atoms with Crippen LogP contribution in [0, 0.1) is 0 Å². The van der Waals surface area contributed by atoms with E-state index in [1.807, 2.05) is 0 Å². The van der Waals surface area contributed by atoms with Gasteiger partial charge in [-0.2, -0.15) is 0 Å². The molecule has 15 heavy (non-hydrogen) atoms. The molecule has 0 unspecified atom stereocenters. The Labute approximate surface area is 87.2 Å². The van der Waals surface area contributed by atoms with Crippen molar-refractivity contribution in [3.05, 3.63) is 35.4 Å². The second-order valence-corrected chi connectivity index (χ2v) is 3.55. The lowest BCUT2D eigenvalue weighted by atomic mass is 10.0. The van der Waals surface area contributed by atoms with Crippen molar-refractivity contribution in [3.8, 4) is 0 Å². The van der Waals surface area contributed by atoms with E-state index in [1.54, 1.807) is 12.1 Å². The lowest BCUT2D eigenvalue weighted by molar-refractivity contribution is 0.0768. The highest BCUT2D eigenvalue weighted by molar-refractivity contribution is 5.26. The molecule has 82 valence electrons. The molecular formula is C11H13F2NO. The molecule has 1 aromatic rings. The van der Waals surface area contributed by atoms with Gasteiger partial charge in [-0.25, -0.2) is 8.78 Å². The summed E-state index contributed by atoms with van der Waals surface area (Å²) in [7, 11) is 0. The fourth-order valence-corrected chi connectivity index (χ4v) is 1.65. The molecule has 2 rings (SSSR count). The molecular weight excluding hydrogens is 200 g/mol. The van der Waals surface area contributed by atoms with Gasteiger partial charge >= 0.3 is 0 Å². The van der Waals surface area contributed by atoms with Gasteiger partial charge in [-0.05, 0) is 5.56 Å². The summed E-state index contributed by atoms with van der Waals surface area (Å²) in [6.45, 7) is 2.13. The van der Waals surface area contributed by atoms with Gasteiger partial charge in [-0.3, -0.25) is 0 Å². The molecule has 1 N–H and O–H groups in total. The smallest absolute Gasteiger partial charge is 0.263 e. The number of hydrogen-bond donors (Lipinski definition) is 1. The zero-order valence-electron chi connectivity index (χ0n) is 8.25. The van der Waals surface area contributed by atoms with Crippen molar-refractivity contribution in [3.63, 3.8) is 0 Å². The minimum atomic E-state index is -2.39. The molecule has 1 atom stereocenters. The van der Waals surface area contributed by atoms with Gasteiger partial charge in [0, 0.05) is 12.1 Å². The Morgan fingerprint density at radius 3 is 2.53 bits per heavy atom. The first-order valence-electron chi connectivity index (χ1n) is 4.96. The number of ether oxygens (including phenoxy) is 1. The van der Waals surface area contributed by atoms with Crippen molar-refractivity contribution in [2.75, 3.05) is 19.8 Å². The van der Waals surface area contributed by atoms with Crippen LogP contribution in [0.15, 0.2) is 24.3 Å². The lowest BCUT2D eigenvalue weighted by Gasteiger charge is -2.24. The molecule has 0 bridgehead atoms. The predicted molar refractivity (Wildman–Crippen MR) is 53.0 cm³/mol. The normalized spacial score (nSPS) is 21.9. The predicted octanol–water partition coefficient (Wildman–Crippen LogP) is 2.29. The Bertz CT molecular complexity index is 307. The van der Waals surface area contributed by atoms with E-state index in [1.165, 1.54) is 12.1 Å². The number of hydrogen-bond acceptors (Lipinski definition) is 2. The van der Waals surface area contributed by atoms with E-state index in [4.69, 9.17) is 4.74 Å². The highest BCUT2D eigenvalue weighted by Gasteiger charge is 2.15. The summed E-state index contributed by atoms with van der Waals surface area (Å²) in [5.74, 6) is 0. The van der Waals surface area contributed by atoms with Crippen LogP contribution in [0.3, 0.4) is 0 Å². The maximum atomic E-state index is 12.3. The Morgan fingerprint density at radius 2 is 2.00 bits per heavy atom. The molecule has 0 radical (unpaired) electrons. The second kappa shape index (κ2) is 4.68. The fraction of sp³-hybridized carbons (Fsp3) is 0.455. The molecule has 2 nitrogen and oxygen atoms in total. The van der Waals surface area contributed by atoms with Crippen LogP contribution < -0.4 is 5.32 Å². The van der Waals surface area contributed by atoms with E-state index in [9.17, 15) is 8.78 Å². The molecule has 1 heterocycles. The molecule has 4 heteroatoms. The summed E-state index contributed by atoms with van der Waals surface area (Å²) in [5, 5.41) is 3.27. The van der Waals surface area contributed by atoms with E-state index >= 15 is 0 Å². The van der Waals surface area contributed by atoms with Gasteiger partial charge in [-0.15, -0.1) is 0 Å². The van der Waals surface area contributed by atoms with Gasteiger partial charge in [0.15, 0.2) is 0 Å². The van der Waals surface area contributed by atoms with Crippen molar-refractivity contribution in [2.45, 2.75) is 12.5 Å². The Balaban J connectivity index is 2.08. The first-order chi connectivity index (χ1) is 7.27. The Kier molecular flexibility index (Phi) is 3.28. The number of morpholine rings is 1. The molecule has 0 amide bonds. The third-order valence-corrected chi connectivity index (χ3v) is 2.51. The number of benzene rings is 1. The van der Waals surface area contributed by atoms with Crippen LogP contribution in [-0.2, 0) is 4.74 Å². The Hall–Kier alpha value is -1.00. The van der Waals surface area contributed by atoms with E-state index in [2.05, 4.69) is 5.32 Å². The summed E-state index contributed by atoms with van der Waals surface area (Å²) < 4.78 is 29.9. The first-order valence-corrected chi connectivity index (χ1v) is 4.96. The summed E-state index contributed by atoms with van der Waals surface area (Å²) in [4.78, 5) is 0. The molecule has 0 spiro atoms. The topological polar surface area (TPSA) is 21.3 Å². The van der Waals surface area contributed by atoms with E-state index in [-0.39, 0.29) is 11.6 Å². The van der Waals surface area contributed by atoms with Gasteiger partial charge in [0.2, 0.25) is 0 Å². The highest BCUT2D eigenvalue weighted by Crippen LogP contribution is 2.22. The van der Waals surface area contributed by atoms with E-state index in [0.717, 1.165) is 12.1 Å². The van der Waals surface area contributed by atoms with Crippen molar-refractivity contribution >= 4 is 0 Å². The second-order valence-electron chi connectivity index (χ2n) is 3.55. The van der Waals surface area contributed by atoms with Crippen LogP contribution in [0.25, 0.3) is 0 Å².